The van der Waals surface area contributed by atoms with Crippen molar-refractivity contribution >= 4 is 17.5 Å². The Hall–Kier alpha value is -2.88. The molecule has 2 N–H and O–H groups in total. The first-order chi connectivity index (χ1) is 12.3. The van der Waals surface area contributed by atoms with Crippen molar-refractivity contribution in [2.75, 3.05) is 0 Å². The summed E-state index contributed by atoms with van der Waals surface area (Å²) in [7, 11) is 0. The van der Waals surface area contributed by atoms with Crippen molar-refractivity contribution in [3.8, 4) is 5.69 Å². The van der Waals surface area contributed by atoms with Gasteiger partial charge in [0.25, 0.3) is 5.91 Å². The molecule has 11 heteroatoms. The van der Waals surface area contributed by atoms with Crippen molar-refractivity contribution < 1.29 is 18.0 Å². The molecule has 3 rings (SSSR count). The summed E-state index contributed by atoms with van der Waals surface area (Å²) in [6.07, 6.45) is -2.68. The Kier molecular flexibility index (Phi) is 4.68. The first kappa shape index (κ1) is 17.9. The molecule has 0 aliphatic heterocycles. The lowest BCUT2D eigenvalue weighted by atomic mass is 10.2. The van der Waals surface area contributed by atoms with Crippen LogP contribution >= 0.6 is 11.6 Å². The highest BCUT2D eigenvalue weighted by Gasteiger charge is 2.40. The summed E-state index contributed by atoms with van der Waals surface area (Å²) in [6.45, 7) is 1.56. The molecule has 3 aromatic rings. The van der Waals surface area contributed by atoms with Crippen LogP contribution in [0.4, 0.5) is 13.2 Å². The minimum Gasteiger partial charge on any atom is -0.342 e. The number of alkyl halides is 3. The average molecular weight is 385 g/mol. The number of hydrogen-bond acceptors (Lipinski definition) is 4. The van der Waals surface area contributed by atoms with Crippen molar-refractivity contribution in [3.63, 3.8) is 0 Å². The van der Waals surface area contributed by atoms with Crippen molar-refractivity contribution in [1.82, 2.24) is 30.3 Å². The molecule has 1 amide bonds. The van der Waals surface area contributed by atoms with E-state index >= 15 is 0 Å². The highest BCUT2D eigenvalue weighted by atomic mass is 35.5. The zero-order chi connectivity index (χ0) is 18.9. The molecule has 2 aromatic heterocycles. The van der Waals surface area contributed by atoms with Crippen LogP contribution in [-0.4, -0.2) is 30.9 Å². The fraction of sp³-hybridized carbons (Fsp3) is 0.200. The zero-order valence-corrected chi connectivity index (χ0v) is 14.0. The van der Waals surface area contributed by atoms with E-state index in [1.54, 1.807) is 6.92 Å². The molecule has 0 bridgehead atoms. The lowest BCUT2D eigenvalue weighted by molar-refractivity contribution is -0.143. The Morgan fingerprint density at radius 1 is 1.31 bits per heavy atom. The number of aromatic nitrogens is 5. The third-order valence-corrected chi connectivity index (χ3v) is 3.80. The molecule has 0 aliphatic rings. The quantitative estimate of drug-likeness (QED) is 0.723. The normalized spacial score (nSPS) is 12.8. The molecule has 0 unspecified atom stereocenters. The van der Waals surface area contributed by atoms with Crippen molar-refractivity contribution in [2.45, 2.75) is 19.1 Å². The number of halogens is 4. The van der Waals surface area contributed by atoms with E-state index in [0.29, 0.717) is 15.5 Å². The van der Waals surface area contributed by atoms with Gasteiger partial charge in [-0.15, -0.1) is 0 Å². The van der Waals surface area contributed by atoms with Crippen LogP contribution in [0, 0.1) is 0 Å². The lowest BCUT2D eigenvalue weighted by Gasteiger charge is -2.14. The molecule has 0 saturated heterocycles. The SMILES string of the molecule is C[C@@H](NC(=O)c1cnn(-c2ccc(Cl)cc2)c1C(F)(F)F)c1ncn[nH]1. The molecule has 0 aliphatic carbocycles. The van der Waals surface area contributed by atoms with Crippen LogP contribution in [0.2, 0.25) is 5.02 Å². The van der Waals surface area contributed by atoms with Crippen LogP contribution in [-0.2, 0) is 6.18 Å². The van der Waals surface area contributed by atoms with Crippen molar-refractivity contribution in [2.24, 2.45) is 0 Å². The van der Waals surface area contributed by atoms with Gasteiger partial charge in [-0.2, -0.15) is 23.4 Å². The molecule has 0 fully saturated rings. The fourth-order valence-electron chi connectivity index (χ4n) is 2.33. The third-order valence-electron chi connectivity index (χ3n) is 3.54. The Balaban J connectivity index is 1.97. The number of nitrogens with zero attached hydrogens (tertiary/aromatic N) is 4. The van der Waals surface area contributed by atoms with Gasteiger partial charge in [-0.25, -0.2) is 9.67 Å². The van der Waals surface area contributed by atoms with Gasteiger partial charge >= 0.3 is 6.18 Å². The summed E-state index contributed by atoms with van der Waals surface area (Å²) in [5.41, 5.74) is -1.65. The van der Waals surface area contributed by atoms with Crippen LogP contribution in [0.3, 0.4) is 0 Å². The molecule has 26 heavy (non-hydrogen) atoms. The molecule has 0 radical (unpaired) electrons. The number of rotatable bonds is 4. The second kappa shape index (κ2) is 6.79. The number of H-pyrrole nitrogens is 1. The summed E-state index contributed by atoms with van der Waals surface area (Å²) in [5.74, 6) is -0.613. The molecule has 136 valence electrons. The van der Waals surface area contributed by atoms with Crippen molar-refractivity contribution in [3.05, 3.63) is 58.9 Å². The van der Waals surface area contributed by atoms with Crippen LogP contribution in [0.5, 0.6) is 0 Å². The van der Waals surface area contributed by atoms with E-state index in [-0.39, 0.29) is 5.69 Å². The first-order valence-corrected chi connectivity index (χ1v) is 7.72. The van der Waals surface area contributed by atoms with Gasteiger partial charge in [-0.05, 0) is 31.2 Å². The van der Waals surface area contributed by atoms with Gasteiger partial charge in [-0.3, -0.25) is 9.89 Å². The maximum Gasteiger partial charge on any atom is 0.434 e. The largest absolute Gasteiger partial charge is 0.434 e. The highest BCUT2D eigenvalue weighted by molar-refractivity contribution is 6.30. The number of aromatic amines is 1. The highest BCUT2D eigenvalue weighted by Crippen LogP contribution is 2.34. The van der Waals surface area contributed by atoms with Gasteiger partial charge in [0.15, 0.2) is 5.69 Å². The average Bonchev–Trinajstić information content (AvgIpc) is 3.24. The van der Waals surface area contributed by atoms with E-state index in [2.05, 4.69) is 25.6 Å². The standard InChI is InChI=1S/C15H12ClF3N6O/c1-8(13-20-7-21-24-13)23-14(26)11-6-22-25(12(11)15(17,18)19)10-4-2-9(16)3-5-10/h2-8H,1H3,(H,23,26)(H,20,21,24)/t8-/m1/s1. The minimum absolute atomic E-state index is 0.129. The van der Waals surface area contributed by atoms with Crippen molar-refractivity contribution in [1.29, 1.82) is 0 Å². The summed E-state index contributed by atoms with van der Waals surface area (Å²) in [5, 5.41) is 12.7. The number of benzene rings is 1. The van der Waals surface area contributed by atoms with Gasteiger partial charge in [0.1, 0.15) is 12.2 Å². The predicted molar refractivity (Wildman–Crippen MR) is 85.8 cm³/mol. The number of carbonyl (C=O) groups excluding carboxylic acids is 1. The van der Waals surface area contributed by atoms with Gasteiger partial charge in [0.2, 0.25) is 0 Å². The minimum atomic E-state index is -4.79. The second-order valence-electron chi connectivity index (χ2n) is 5.36. The van der Waals surface area contributed by atoms with Gasteiger partial charge in [0.05, 0.1) is 23.5 Å². The van der Waals surface area contributed by atoms with E-state index in [1.165, 1.54) is 30.6 Å². The smallest absolute Gasteiger partial charge is 0.342 e. The molecule has 7 nitrogen and oxygen atoms in total. The van der Waals surface area contributed by atoms with E-state index in [0.717, 1.165) is 6.20 Å². The van der Waals surface area contributed by atoms with Gasteiger partial charge in [0, 0.05) is 5.02 Å². The number of hydrogen-bond donors (Lipinski definition) is 2. The van der Waals surface area contributed by atoms with Crippen LogP contribution in [0.15, 0.2) is 36.8 Å². The third kappa shape index (κ3) is 3.54. The molecule has 0 spiro atoms. The Bertz CT molecular complexity index is 905. The Morgan fingerprint density at radius 2 is 2.00 bits per heavy atom. The summed E-state index contributed by atoms with van der Waals surface area (Å²) < 4.78 is 41.4. The Morgan fingerprint density at radius 3 is 2.58 bits per heavy atom. The first-order valence-electron chi connectivity index (χ1n) is 7.34. The number of nitrogens with one attached hydrogen (secondary N) is 2. The van der Waals surface area contributed by atoms with Gasteiger partial charge < -0.3 is 5.32 Å². The Labute approximate surface area is 150 Å². The van der Waals surface area contributed by atoms with E-state index in [9.17, 15) is 18.0 Å². The summed E-state index contributed by atoms with van der Waals surface area (Å²) >= 11 is 5.76. The number of carbonyl (C=O) groups is 1. The maximum atomic E-state index is 13.6. The summed E-state index contributed by atoms with van der Waals surface area (Å²) in [4.78, 5) is 16.2. The summed E-state index contributed by atoms with van der Waals surface area (Å²) in [6, 6.07) is 4.96. The second-order valence-corrected chi connectivity index (χ2v) is 5.80. The molecule has 1 atom stereocenters. The van der Waals surface area contributed by atoms with Crippen LogP contribution < -0.4 is 5.32 Å². The maximum absolute atomic E-state index is 13.6. The molecule has 2 heterocycles. The molecular weight excluding hydrogens is 373 g/mol. The topological polar surface area (TPSA) is 88.5 Å². The predicted octanol–water partition coefficient (Wildman–Crippen LogP) is 3.15. The molecule has 1 aromatic carbocycles. The number of amides is 1. The van der Waals surface area contributed by atoms with Crippen LogP contribution in [0.1, 0.15) is 34.8 Å². The fourth-order valence-corrected chi connectivity index (χ4v) is 2.46. The lowest BCUT2D eigenvalue weighted by Crippen LogP contribution is -2.29. The molecular formula is C15H12ClF3N6O. The van der Waals surface area contributed by atoms with Crippen LogP contribution in [0.25, 0.3) is 5.69 Å². The van der Waals surface area contributed by atoms with E-state index < -0.39 is 29.4 Å². The van der Waals surface area contributed by atoms with Gasteiger partial charge in [-0.1, -0.05) is 11.6 Å². The monoisotopic (exact) mass is 384 g/mol. The van der Waals surface area contributed by atoms with E-state index in [4.69, 9.17) is 11.6 Å². The zero-order valence-electron chi connectivity index (χ0n) is 13.3. The van der Waals surface area contributed by atoms with E-state index in [1.807, 2.05) is 0 Å². The molecule has 0 saturated carbocycles.